The Morgan fingerprint density at radius 1 is 1.33 bits per heavy atom. The molecule has 1 aliphatic heterocycles. The maximum Gasteiger partial charge on any atom is 0.0995 e. The fourth-order valence-electron chi connectivity index (χ4n) is 2.04. The molecule has 1 aromatic carbocycles. The molecule has 0 atom stereocenters. The topological polar surface area (TPSA) is 59.0 Å². The van der Waals surface area contributed by atoms with Gasteiger partial charge in [-0.2, -0.15) is 5.26 Å². The molecule has 1 saturated heterocycles. The first-order chi connectivity index (χ1) is 7.31. The molecule has 2 rings (SSSR count). The second kappa shape index (κ2) is 4.33. The van der Waals surface area contributed by atoms with Gasteiger partial charge in [-0.1, -0.05) is 6.07 Å². The van der Waals surface area contributed by atoms with Crippen molar-refractivity contribution in [3.05, 3.63) is 29.3 Å². The quantitative estimate of drug-likeness (QED) is 0.709. The fraction of sp³-hybridized carbons (Fsp3) is 0.417. The molecule has 0 unspecified atom stereocenters. The van der Waals surface area contributed by atoms with Crippen LogP contribution in [0.3, 0.4) is 0 Å². The maximum absolute atomic E-state index is 9.04. The van der Waals surface area contributed by atoms with Crippen molar-refractivity contribution < 1.29 is 4.74 Å². The summed E-state index contributed by atoms with van der Waals surface area (Å²) in [6.07, 6.45) is 2.00. The predicted octanol–water partition coefficient (Wildman–Crippen LogP) is 2.03. The van der Waals surface area contributed by atoms with E-state index < -0.39 is 0 Å². The van der Waals surface area contributed by atoms with E-state index in [0.29, 0.717) is 17.2 Å². The number of nitrogens with two attached hydrogens (primary N) is 1. The van der Waals surface area contributed by atoms with E-state index in [1.165, 1.54) is 0 Å². The second-order valence-corrected chi connectivity index (χ2v) is 3.85. The van der Waals surface area contributed by atoms with Gasteiger partial charge in [0.25, 0.3) is 0 Å². The minimum Gasteiger partial charge on any atom is -0.399 e. The zero-order chi connectivity index (χ0) is 10.7. The Kier molecular flexibility index (Phi) is 2.89. The van der Waals surface area contributed by atoms with E-state index >= 15 is 0 Å². The van der Waals surface area contributed by atoms with E-state index in [9.17, 15) is 0 Å². The number of rotatable bonds is 1. The molecule has 0 saturated carbocycles. The molecule has 0 spiro atoms. The highest BCUT2D eigenvalue weighted by Crippen LogP contribution is 2.30. The molecule has 3 nitrogen and oxygen atoms in total. The summed E-state index contributed by atoms with van der Waals surface area (Å²) in [5, 5.41) is 9.04. The number of ether oxygens (including phenoxy) is 1. The van der Waals surface area contributed by atoms with Crippen LogP contribution in [0.4, 0.5) is 5.69 Å². The Bertz CT molecular complexity index is 389. The summed E-state index contributed by atoms with van der Waals surface area (Å²) in [5.74, 6) is 0.453. The summed E-state index contributed by atoms with van der Waals surface area (Å²) >= 11 is 0. The number of nitriles is 1. The van der Waals surface area contributed by atoms with Crippen molar-refractivity contribution in [1.82, 2.24) is 0 Å². The molecule has 78 valence electrons. The van der Waals surface area contributed by atoms with Crippen LogP contribution in [0.1, 0.15) is 29.9 Å². The molecule has 3 heteroatoms. The molecule has 0 aromatic heterocycles. The lowest BCUT2D eigenvalue weighted by molar-refractivity contribution is 0.0853. The van der Waals surface area contributed by atoms with Crippen molar-refractivity contribution in [1.29, 1.82) is 5.26 Å². The highest BCUT2D eigenvalue weighted by molar-refractivity contribution is 5.51. The number of nitrogens with zero attached hydrogens (tertiary/aromatic N) is 1. The second-order valence-electron chi connectivity index (χ2n) is 3.85. The van der Waals surface area contributed by atoms with E-state index in [4.69, 9.17) is 15.7 Å². The van der Waals surface area contributed by atoms with Crippen LogP contribution in [0.5, 0.6) is 0 Å². The van der Waals surface area contributed by atoms with Crippen LogP contribution in [0.2, 0.25) is 0 Å². The van der Waals surface area contributed by atoms with Crippen LogP contribution >= 0.6 is 0 Å². The van der Waals surface area contributed by atoms with E-state index in [2.05, 4.69) is 6.07 Å². The van der Waals surface area contributed by atoms with Gasteiger partial charge in [0.05, 0.1) is 11.6 Å². The highest BCUT2D eigenvalue weighted by Gasteiger charge is 2.18. The minimum atomic E-state index is 0.453. The lowest BCUT2D eigenvalue weighted by Gasteiger charge is -2.23. The van der Waals surface area contributed by atoms with Gasteiger partial charge in [0.15, 0.2) is 0 Å². The van der Waals surface area contributed by atoms with E-state index in [1.54, 1.807) is 6.07 Å². The van der Waals surface area contributed by atoms with Crippen LogP contribution in [0.25, 0.3) is 0 Å². The summed E-state index contributed by atoms with van der Waals surface area (Å²) < 4.78 is 5.31. The van der Waals surface area contributed by atoms with Gasteiger partial charge in [0.1, 0.15) is 0 Å². The number of benzene rings is 1. The van der Waals surface area contributed by atoms with Crippen molar-refractivity contribution >= 4 is 5.69 Å². The monoisotopic (exact) mass is 202 g/mol. The Hall–Kier alpha value is -1.53. The average molecular weight is 202 g/mol. The van der Waals surface area contributed by atoms with Crippen LogP contribution in [-0.4, -0.2) is 13.2 Å². The van der Waals surface area contributed by atoms with Gasteiger partial charge in [-0.15, -0.1) is 0 Å². The van der Waals surface area contributed by atoms with Crippen molar-refractivity contribution in [3.8, 4) is 6.07 Å². The van der Waals surface area contributed by atoms with Crippen LogP contribution < -0.4 is 5.73 Å². The number of hydrogen-bond acceptors (Lipinski definition) is 3. The highest BCUT2D eigenvalue weighted by atomic mass is 16.5. The summed E-state index contributed by atoms with van der Waals surface area (Å²) in [7, 11) is 0. The lowest BCUT2D eigenvalue weighted by atomic mass is 9.88. The molecule has 1 heterocycles. The standard InChI is InChI=1S/C12H14N2O/c13-8-10-7-11(14)1-2-12(10)9-3-5-15-6-4-9/h1-2,7,9H,3-6,14H2. The molecule has 0 radical (unpaired) electrons. The average Bonchev–Trinajstić information content (AvgIpc) is 2.30. The van der Waals surface area contributed by atoms with E-state index in [0.717, 1.165) is 31.6 Å². The first-order valence-electron chi connectivity index (χ1n) is 5.18. The SMILES string of the molecule is N#Cc1cc(N)ccc1C1CCOCC1. The fourth-order valence-corrected chi connectivity index (χ4v) is 2.04. The van der Waals surface area contributed by atoms with Gasteiger partial charge in [0, 0.05) is 18.9 Å². The van der Waals surface area contributed by atoms with Crippen molar-refractivity contribution in [2.75, 3.05) is 18.9 Å². The van der Waals surface area contributed by atoms with Gasteiger partial charge >= 0.3 is 0 Å². The third kappa shape index (κ3) is 2.11. The molecule has 1 aliphatic rings. The minimum absolute atomic E-state index is 0.453. The molecule has 1 aromatic rings. The molecule has 1 fully saturated rings. The third-order valence-corrected chi connectivity index (χ3v) is 2.86. The molecule has 2 N–H and O–H groups in total. The normalized spacial score (nSPS) is 17.3. The number of nitrogen functional groups attached to an aromatic ring is 1. The Morgan fingerprint density at radius 3 is 2.73 bits per heavy atom. The molecule has 0 bridgehead atoms. The summed E-state index contributed by atoms with van der Waals surface area (Å²) in [6.45, 7) is 1.58. The Morgan fingerprint density at radius 2 is 2.07 bits per heavy atom. The largest absolute Gasteiger partial charge is 0.399 e. The molecule has 15 heavy (non-hydrogen) atoms. The third-order valence-electron chi connectivity index (χ3n) is 2.86. The van der Waals surface area contributed by atoms with Crippen molar-refractivity contribution in [3.63, 3.8) is 0 Å². The molecular weight excluding hydrogens is 188 g/mol. The van der Waals surface area contributed by atoms with E-state index in [1.807, 2.05) is 12.1 Å². The van der Waals surface area contributed by atoms with Gasteiger partial charge in [-0.05, 0) is 36.5 Å². The first-order valence-corrected chi connectivity index (χ1v) is 5.18. The van der Waals surface area contributed by atoms with Crippen molar-refractivity contribution in [2.45, 2.75) is 18.8 Å². The lowest BCUT2D eigenvalue weighted by Crippen LogP contribution is -2.15. The zero-order valence-electron chi connectivity index (χ0n) is 8.57. The molecule has 0 aliphatic carbocycles. The molecule has 0 amide bonds. The summed E-state index contributed by atoms with van der Waals surface area (Å²) in [5.41, 5.74) is 8.14. The smallest absolute Gasteiger partial charge is 0.0995 e. The maximum atomic E-state index is 9.04. The van der Waals surface area contributed by atoms with Crippen LogP contribution in [0.15, 0.2) is 18.2 Å². The van der Waals surface area contributed by atoms with E-state index in [-0.39, 0.29) is 0 Å². The number of hydrogen-bond donors (Lipinski definition) is 1. The zero-order valence-corrected chi connectivity index (χ0v) is 8.57. The Labute approximate surface area is 89.5 Å². The van der Waals surface area contributed by atoms with Gasteiger partial charge < -0.3 is 10.5 Å². The summed E-state index contributed by atoms with van der Waals surface area (Å²) in [6, 6.07) is 7.81. The first kappa shape index (κ1) is 10.0. The van der Waals surface area contributed by atoms with Crippen molar-refractivity contribution in [2.24, 2.45) is 0 Å². The Balaban J connectivity index is 2.30. The predicted molar refractivity (Wildman–Crippen MR) is 58.4 cm³/mol. The van der Waals surface area contributed by atoms with Gasteiger partial charge in [-0.25, -0.2) is 0 Å². The summed E-state index contributed by atoms with van der Waals surface area (Å²) in [4.78, 5) is 0. The van der Waals surface area contributed by atoms with Crippen LogP contribution in [0, 0.1) is 11.3 Å². The number of anilines is 1. The molecular formula is C12H14N2O. The van der Waals surface area contributed by atoms with Gasteiger partial charge in [0.2, 0.25) is 0 Å². The van der Waals surface area contributed by atoms with Gasteiger partial charge in [-0.3, -0.25) is 0 Å². The van der Waals surface area contributed by atoms with Crippen LogP contribution in [-0.2, 0) is 4.74 Å².